The van der Waals surface area contributed by atoms with Gasteiger partial charge < -0.3 is 10.6 Å². The van der Waals surface area contributed by atoms with Gasteiger partial charge in [0.15, 0.2) is 5.11 Å². The second-order valence-corrected chi connectivity index (χ2v) is 6.48. The van der Waals surface area contributed by atoms with Crippen molar-refractivity contribution in [3.8, 4) is 0 Å². The van der Waals surface area contributed by atoms with E-state index in [0.717, 1.165) is 17.8 Å². The third kappa shape index (κ3) is 3.92. The molecule has 0 aliphatic rings. The predicted octanol–water partition coefficient (Wildman–Crippen LogP) is 6.16. The Morgan fingerprint density at radius 3 is 2.21 bits per heavy atom. The van der Waals surface area contributed by atoms with Crippen LogP contribution in [0.15, 0.2) is 66.7 Å². The van der Waals surface area contributed by atoms with Crippen LogP contribution in [0.3, 0.4) is 0 Å². The lowest BCUT2D eigenvalue weighted by Gasteiger charge is -2.13. The molecule has 0 bridgehead atoms. The second kappa shape index (κ2) is 7.45. The lowest BCUT2D eigenvalue weighted by atomic mass is 9.99. The van der Waals surface area contributed by atoms with Crippen molar-refractivity contribution in [1.82, 2.24) is 0 Å². The van der Waals surface area contributed by atoms with Crippen molar-refractivity contribution in [2.24, 2.45) is 0 Å². The van der Waals surface area contributed by atoms with Gasteiger partial charge in [-0.05, 0) is 65.2 Å². The maximum Gasteiger partial charge on any atom is 0.175 e. The smallest absolute Gasteiger partial charge is 0.175 e. The lowest BCUT2D eigenvalue weighted by molar-refractivity contribution is 0.734. The summed E-state index contributed by atoms with van der Waals surface area (Å²) < 4.78 is 0. The molecule has 0 aliphatic heterocycles. The molecule has 3 aromatic rings. The van der Waals surface area contributed by atoms with Crippen LogP contribution >= 0.6 is 12.2 Å². The fourth-order valence-electron chi connectivity index (χ4n) is 2.69. The molecule has 0 saturated heterocycles. The Bertz CT molecular complexity index is 840. The van der Waals surface area contributed by atoms with E-state index in [0.29, 0.717) is 11.0 Å². The van der Waals surface area contributed by atoms with Crippen molar-refractivity contribution >= 4 is 39.5 Å². The van der Waals surface area contributed by atoms with Crippen molar-refractivity contribution < 1.29 is 0 Å². The first-order valence-corrected chi connectivity index (χ1v) is 8.73. The number of anilines is 2. The molecule has 0 fully saturated rings. The van der Waals surface area contributed by atoms with Crippen LogP contribution < -0.4 is 10.6 Å². The lowest BCUT2D eigenvalue weighted by Crippen LogP contribution is -2.19. The third-order valence-electron chi connectivity index (χ3n) is 4.36. The molecule has 3 rings (SSSR count). The topological polar surface area (TPSA) is 24.1 Å². The highest BCUT2D eigenvalue weighted by Crippen LogP contribution is 2.21. The molecule has 0 spiro atoms. The zero-order chi connectivity index (χ0) is 16.9. The van der Waals surface area contributed by atoms with E-state index in [1.165, 1.54) is 16.3 Å². The number of rotatable bonds is 4. The Labute approximate surface area is 148 Å². The van der Waals surface area contributed by atoms with E-state index in [2.05, 4.69) is 73.0 Å². The molecule has 0 aromatic heterocycles. The van der Waals surface area contributed by atoms with Gasteiger partial charge in [-0.15, -0.1) is 0 Å². The van der Waals surface area contributed by atoms with Crippen LogP contribution in [-0.4, -0.2) is 5.11 Å². The van der Waals surface area contributed by atoms with Crippen LogP contribution in [0.5, 0.6) is 0 Å². The second-order valence-electron chi connectivity index (χ2n) is 6.07. The summed E-state index contributed by atoms with van der Waals surface area (Å²) in [5.41, 5.74) is 3.35. The standard InChI is InChI=1S/C21H22N2S/c1-3-15(2)16-8-11-19(12-9-16)22-21(24)23-20-13-10-17-6-4-5-7-18(17)14-20/h4-15H,3H2,1-2H3,(H2,22,23,24). The maximum atomic E-state index is 5.43. The van der Waals surface area contributed by atoms with Crippen LogP contribution in [0.2, 0.25) is 0 Å². The molecule has 2 N–H and O–H groups in total. The molecule has 2 nitrogen and oxygen atoms in total. The van der Waals surface area contributed by atoms with E-state index in [-0.39, 0.29) is 0 Å². The molecule has 122 valence electrons. The molecular weight excluding hydrogens is 312 g/mol. The maximum absolute atomic E-state index is 5.43. The molecular formula is C21H22N2S. The summed E-state index contributed by atoms with van der Waals surface area (Å²) in [6, 6.07) is 23.0. The molecule has 0 saturated carbocycles. The number of hydrogen-bond donors (Lipinski definition) is 2. The van der Waals surface area contributed by atoms with Crippen molar-refractivity contribution in [2.75, 3.05) is 10.6 Å². The van der Waals surface area contributed by atoms with Gasteiger partial charge in [-0.3, -0.25) is 0 Å². The van der Waals surface area contributed by atoms with Gasteiger partial charge in [0.25, 0.3) is 0 Å². The van der Waals surface area contributed by atoms with E-state index >= 15 is 0 Å². The van der Waals surface area contributed by atoms with Crippen LogP contribution in [-0.2, 0) is 0 Å². The van der Waals surface area contributed by atoms with Crippen LogP contribution in [0.1, 0.15) is 31.7 Å². The van der Waals surface area contributed by atoms with Gasteiger partial charge in [0.1, 0.15) is 0 Å². The van der Waals surface area contributed by atoms with E-state index < -0.39 is 0 Å². The minimum Gasteiger partial charge on any atom is -0.332 e. The minimum atomic E-state index is 0.585. The summed E-state index contributed by atoms with van der Waals surface area (Å²) in [5.74, 6) is 0.585. The number of fused-ring (bicyclic) bond motifs is 1. The van der Waals surface area contributed by atoms with Gasteiger partial charge in [0.05, 0.1) is 0 Å². The van der Waals surface area contributed by atoms with Gasteiger partial charge in [0, 0.05) is 11.4 Å². The number of benzene rings is 3. The highest BCUT2D eigenvalue weighted by molar-refractivity contribution is 7.80. The average molecular weight is 334 g/mol. The molecule has 24 heavy (non-hydrogen) atoms. The zero-order valence-electron chi connectivity index (χ0n) is 14.0. The van der Waals surface area contributed by atoms with E-state index in [1.807, 2.05) is 18.2 Å². The molecule has 0 heterocycles. The fraction of sp³-hybridized carbons (Fsp3) is 0.190. The fourth-order valence-corrected chi connectivity index (χ4v) is 2.93. The summed E-state index contributed by atoms with van der Waals surface area (Å²) >= 11 is 5.43. The molecule has 3 aromatic carbocycles. The normalized spacial score (nSPS) is 11.9. The Morgan fingerprint density at radius 2 is 1.50 bits per heavy atom. The molecule has 0 amide bonds. The van der Waals surface area contributed by atoms with Gasteiger partial charge in [-0.1, -0.05) is 56.3 Å². The molecule has 1 unspecified atom stereocenters. The van der Waals surface area contributed by atoms with E-state index in [4.69, 9.17) is 12.2 Å². The van der Waals surface area contributed by atoms with Crippen molar-refractivity contribution in [1.29, 1.82) is 0 Å². The van der Waals surface area contributed by atoms with Gasteiger partial charge in [-0.25, -0.2) is 0 Å². The van der Waals surface area contributed by atoms with Crippen LogP contribution in [0, 0.1) is 0 Å². The third-order valence-corrected chi connectivity index (χ3v) is 4.56. The predicted molar refractivity (Wildman–Crippen MR) is 109 cm³/mol. The molecule has 0 aliphatic carbocycles. The zero-order valence-corrected chi connectivity index (χ0v) is 14.9. The largest absolute Gasteiger partial charge is 0.332 e. The SMILES string of the molecule is CCC(C)c1ccc(NC(=S)Nc2ccc3ccccc3c2)cc1. The summed E-state index contributed by atoms with van der Waals surface area (Å²) in [5, 5.41) is 9.52. The van der Waals surface area contributed by atoms with Crippen LogP contribution in [0.4, 0.5) is 11.4 Å². The Kier molecular flexibility index (Phi) is 5.11. The van der Waals surface area contributed by atoms with Gasteiger partial charge in [-0.2, -0.15) is 0 Å². The van der Waals surface area contributed by atoms with Gasteiger partial charge >= 0.3 is 0 Å². The first-order valence-electron chi connectivity index (χ1n) is 8.32. The van der Waals surface area contributed by atoms with Crippen molar-refractivity contribution in [3.63, 3.8) is 0 Å². The first kappa shape index (κ1) is 16.5. The molecule has 3 heteroatoms. The number of thiocarbonyl (C=S) groups is 1. The summed E-state index contributed by atoms with van der Waals surface area (Å²) in [7, 11) is 0. The highest BCUT2D eigenvalue weighted by atomic mass is 32.1. The number of nitrogens with one attached hydrogen (secondary N) is 2. The molecule has 1 atom stereocenters. The van der Waals surface area contributed by atoms with Crippen molar-refractivity contribution in [2.45, 2.75) is 26.2 Å². The number of hydrogen-bond acceptors (Lipinski definition) is 1. The summed E-state index contributed by atoms with van der Waals surface area (Å²) in [6.07, 6.45) is 1.15. The van der Waals surface area contributed by atoms with E-state index in [9.17, 15) is 0 Å². The van der Waals surface area contributed by atoms with Crippen molar-refractivity contribution in [3.05, 3.63) is 72.3 Å². The molecule has 0 radical (unpaired) electrons. The highest BCUT2D eigenvalue weighted by Gasteiger charge is 2.04. The Hall–Kier alpha value is -2.39. The van der Waals surface area contributed by atoms with Gasteiger partial charge in [0.2, 0.25) is 0 Å². The monoisotopic (exact) mass is 334 g/mol. The first-order chi connectivity index (χ1) is 11.7. The minimum absolute atomic E-state index is 0.585. The quantitative estimate of drug-likeness (QED) is 0.559. The Balaban J connectivity index is 1.66. The summed E-state index contributed by atoms with van der Waals surface area (Å²) in [6.45, 7) is 4.45. The summed E-state index contributed by atoms with van der Waals surface area (Å²) in [4.78, 5) is 0. The Morgan fingerprint density at radius 1 is 0.875 bits per heavy atom. The van der Waals surface area contributed by atoms with E-state index in [1.54, 1.807) is 0 Å². The van der Waals surface area contributed by atoms with Crippen LogP contribution in [0.25, 0.3) is 10.8 Å². The average Bonchev–Trinajstić information content (AvgIpc) is 2.61.